The number of carboxylic acid groups (broad SMARTS) is 1. The molecular formula is C30H37N5O6S2. The van der Waals surface area contributed by atoms with Gasteiger partial charge in [-0.25, -0.2) is 13.2 Å². The summed E-state index contributed by atoms with van der Waals surface area (Å²) in [6.45, 7) is 7.36. The first-order chi connectivity index (χ1) is 20.3. The number of carbonyl (C=O) groups excluding carboxylic acids is 2. The highest BCUT2D eigenvalue weighted by atomic mass is 32.2. The van der Waals surface area contributed by atoms with E-state index in [0.717, 1.165) is 5.56 Å². The molecule has 1 aliphatic rings. The van der Waals surface area contributed by atoms with Crippen molar-refractivity contribution >= 4 is 45.3 Å². The summed E-state index contributed by atoms with van der Waals surface area (Å²) in [5.74, 6) is -1.40. The molecule has 13 heteroatoms. The number of carboxylic acids is 1. The zero-order valence-corrected chi connectivity index (χ0v) is 26.2. The summed E-state index contributed by atoms with van der Waals surface area (Å²) in [6, 6.07) is 12.4. The SMILES string of the molecule is CC(=NCCCC(=O)Cc1ccc(C[C@H](NC(=O)[C@H]2N(S(=O)(=O)c3ccccc3)C(C)SC2(C)C)C(=O)O)cc1)NC#N. The van der Waals surface area contributed by atoms with Crippen LogP contribution in [0.15, 0.2) is 64.5 Å². The Hall–Kier alpha value is -3.73. The molecule has 3 rings (SSSR count). The van der Waals surface area contributed by atoms with Gasteiger partial charge in [0.05, 0.1) is 10.3 Å². The first-order valence-electron chi connectivity index (χ1n) is 13.8. The molecule has 0 saturated carbocycles. The van der Waals surface area contributed by atoms with Crippen molar-refractivity contribution in [2.75, 3.05) is 6.54 Å². The summed E-state index contributed by atoms with van der Waals surface area (Å²) in [5.41, 5.74) is 1.41. The van der Waals surface area contributed by atoms with Crippen LogP contribution in [0.2, 0.25) is 0 Å². The average Bonchev–Trinajstić information content (AvgIpc) is 3.20. The van der Waals surface area contributed by atoms with Crippen LogP contribution in [0.1, 0.15) is 51.7 Å². The summed E-state index contributed by atoms with van der Waals surface area (Å²) in [7, 11) is -4.04. The maximum atomic E-state index is 13.6. The number of hydrogen-bond acceptors (Lipinski definition) is 8. The predicted octanol–water partition coefficient (Wildman–Crippen LogP) is 3.11. The third-order valence-electron chi connectivity index (χ3n) is 6.99. The minimum atomic E-state index is -4.04. The number of benzene rings is 2. The van der Waals surface area contributed by atoms with E-state index in [1.54, 1.807) is 76.4 Å². The van der Waals surface area contributed by atoms with Gasteiger partial charge in [0.1, 0.15) is 23.7 Å². The van der Waals surface area contributed by atoms with E-state index in [1.165, 1.54) is 28.2 Å². The van der Waals surface area contributed by atoms with Gasteiger partial charge >= 0.3 is 5.97 Å². The quantitative estimate of drug-likeness (QED) is 0.0993. The normalized spacial score (nSPS) is 19.3. The van der Waals surface area contributed by atoms with E-state index in [1.807, 2.05) is 0 Å². The zero-order chi connectivity index (χ0) is 31.8. The Balaban J connectivity index is 1.66. The molecular weight excluding hydrogens is 590 g/mol. The molecule has 0 bridgehead atoms. The van der Waals surface area contributed by atoms with E-state index in [0.29, 0.717) is 30.8 Å². The smallest absolute Gasteiger partial charge is 0.326 e. The molecule has 0 aliphatic carbocycles. The van der Waals surface area contributed by atoms with Crippen molar-refractivity contribution in [2.45, 2.75) is 80.5 Å². The van der Waals surface area contributed by atoms with Gasteiger partial charge in [-0.15, -0.1) is 11.8 Å². The van der Waals surface area contributed by atoms with Crippen LogP contribution in [0.3, 0.4) is 0 Å². The molecule has 0 aromatic heterocycles. The number of amides is 1. The molecule has 1 fully saturated rings. The van der Waals surface area contributed by atoms with Crippen molar-refractivity contribution in [1.82, 2.24) is 14.9 Å². The summed E-state index contributed by atoms with van der Waals surface area (Å²) in [5, 5.41) is 22.9. The third-order valence-corrected chi connectivity index (χ3v) is 10.5. The van der Waals surface area contributed by atoms with E-state index in [-0.39, 0.29) is 23.5 Å². The average molecular weight is 628 g/mol. The van der Waals surface area contributed by atoms with Crippen molar-refractivity contribution in [3.05, 3.63) is 65.7 Å². The van der Waals surface area contributed by atoms with Gasteiger partial charge in [0, 0.05) is 30.6 Å². The monoisotopic (exact) mass is 627 g/mol. The Morgan fingerprint density at radius 1 is 1.12 bits per heavy atom. The van der Waals surface area contributed by atoms with E-state index in [9.17, 15) is 27.9 Å². The number of thioether (sulfide) groups is 1. The molecule has 43 heavy (non-hydrogen) atoms. The fourth-order valence-corrected chi connectivity index (χ4v) is 8.75. The number of amidine groups is 1. The Morgan fingerprint density at radius 2 is 1.74 bits per heavy atom. The maximum absolute atomic E-state index is 13.6. The van der Waals surface area contributed by atoms with Gasteiger partial charge < -0.3 is 10.4 Å². The van der Waals surface area contributed by atoms with Crippen molar-refractivity contribution in [3.63, 3.8) is 0 Å². The van der Waals surface area contributed by atoms with E-state index < -0.39 is 44.1 Å². The van der Waals surface area contributed by atoms with E-state index in [4.69, 9.17) is 5.26 Å². The van der Waals surface area contributed by atoms with Gasteiger partial charge in [-0.2, -0.15) is 9.57 Å². The van der Waals surface area contributed by atoms with Crippen molar-refractivity contribution < 1.29 is 27.9 Å². The number of nitrogens with zero attached hydrogens (tertiary/aromatic N) is 3. The fourth-order valence-electron chi connectivity index (χ4n) is 4.99. The summed E-state index contributed by atoms with van der Waals surface area (Å²) in [4.78, 5) is 42.3. The third kappa shape index (κ3) is 8.89. The fraction of sp³-hybridized carbons (Fsp3) is 0.433. The Bertz CT molecular complexity index is 1490. The van der Waals surface area contributed by atoms with Crippen LogP contribution in [0.25, 0.3) is 0 Å². The number of hydrogen-bond donors (Lipinski definition) is 3. The summed E-state index contributed by atoms with van der Waals surface area (Å²) >= 11 is 1.33. The number of Topliss-reactive ketones (excluding diaryl/α,β-unsaturated/α-hetero) is 1. The molecule has 230 valence electrons. The first-order valence-corrected chi connectivity index (χ1v) is 16.1. The Kier molecular flexibility index (Phi) is 11.5. The van der Waals surface area contributed by atoms with Crippen LogP contribution >= 0.6 is 11.8 Å². The minimum Gasteiger partial charge on any atom is -0.480 e. The van der Waals surface area contributed by atoms with Gasteiger partial charge in [0.2, 0.25) is 15.9 Å². The standard InChI is InChI=1S/C30H37N5O6S2/c1-20(33-19-31)32-16-8-9-24(36)17-22-12-14-23(15-13-22)18-26(29(38)39)34-28(37)27-30(3,4)42-21(2)35(27)43(40,41)25-10-6-5-7-11-25/h5-7,10-15,21,26-27H,8-9,16-18H2,1-4H3,(H,32,33)(H,34,37)(H,38,39)/t21?,26-,27+/m0/s1. The lowest BCUT2D eigenvalue weighted by Gasteiger charge is -2.31. The van der Waals surface area contributed by atoms with Crippen molar-refractivity contribution in [3.8, 4) is 6.19 Å². The summed E-state index contributed by atoms with van der Waals surface area (Å²) in [6.07, 6.45) is 2.87. The minimum absolute atomic E-state index is 0.0231. The molecule has 0 radical (unpaired) electrons. The van der Waals surface area contributed by atoms with Crippen LogP contribution in [-0.4, -0.2) is 70.1 Å². The van der Waals surface area contributed by atoms with E-state index >= 15 is 0 Å². The predicted molar refractivity (Wildman–Crippen MR) is 165 cm³/mol. The number of sulfonamides is 1. The highest BCUT2D eigenvalue weighted by Crippen LogP contribution is 2.46. The largest absolute Gasteiger partial charge is 0.480 e. The van der Waals surface area contributed by atoms with Crippen molar-refractivity contribution in [1.29, 1.82) is 5.26 Å². The van der Waals surface area contributed by atoms with Crippen LogP contribution in [0.4, 0.5) is 0 Å². The number of nitrogens with one attached hydrogen (secondary N) is 2. The lowest BCUT2D eigenvalue weighted by Crippen LogP contribution is -2.57. The van der Waals surface area contributed by atoms with Gasteiger partial charge in [0.25, 0.3) is 0 Å². The molecule has 1 aliphatic heterocycles. The van der Waals surface area contributed by atoms with Crippen LogP contribution in [-0.2, 0) is 37.2 Å². The number of aliphatic imine (C=N–C) groups is 1. The Morgan fingerprint density at radius 3 is 2.35 bits per heavy atom. The highest BCUT2D eigenvalue weighted by Gasteiger charge is 2.55. The molecule has 1 saturated heterocycles. The second-order valence-corrected chi connectivity index (χ2v) is 14.6. The molecule has 1 unspecified atom stereocenters. The van der Waals surface area contributed by atoms with Crippen LogP contribution in [0.5, 0.6) is 0 Å². The molecule has 1 amide bonds. The second-order valence-electron chi connectivity index (χ2n) is 10.8. The topological polar surface area (TPSA) is 169 Å². The molecule has 2 aromatic carbocycles. The van der Waals surface area contributed by atoms with Gasteiger partial charge in [0.15, 0.2) is 6.19 Å². The Labute approximate surface area is 256 Å². The van der Waals surface area contributed by atoms with Gasteiger partial charge in [-0.3, -0.25) is 19.9 Å². The lowest BCUT2D eigenvalue weighted by atomic mass is 9.99. The molecule has 2 aromatic rings. The summed E-state index contributed by atoms with van der Waals surface area (Å²) < 4.78 is 27.5. The zero-order valence-electron chi connectivity index (χ0n) is 24.6. The van der Waals surface area contributed by atoms with Crippen LogP contribution in [0, 0.1) is 11.5 Å². The first kappa shape index (κ1) is 33.8. The lowest BCUT2D eigenvalue weighted by molar-refractivity contribution is -0.142. The van der Waals surface area contributed by atoms with Crippen LogP contribution < -0.4 is 10.6 Å². The molecule has 1 heterocycles. The van der Waals surface area contributed by atoms with Crippen molar-refractivity contribution in [2.24, 2.45) is 4.99 Å². The maximum Gasteiger partial charge on any atom is 0.326 e. The molecule has 11 nitrogen and oxygen atoms in total. The second kappa shape index (κ2) is 14.6. The van der Waals surface area contributed by atoms with E-state index in [2.05, 4.69) is 15.6 Å². The molecule has 0 spiro atoms. The van der Waals surface area contributed by atoms with Gasteiger partial charge in [-0.1, -0.05) is 42.5 Å². The number of carbonyl (C=O) groups is 3. The molecule has 3 atom stereocenters. The highest BCUT2D eigenvalue weighted by molar-refractivity contribution is 8.02. The number of rotatable bonds is 13. The number of nitriles is 1. The number of aliphatic carboxylic acids is 1. The molecule has 3 N–H and O–H groups in total. The number of ketones is 1. The van der Waals surface area contributed by atoms with Gasteiger partial charge in [-0.05, 0) is 57.4 Å².